The maximum atomic E-state index is 12.1. The fourth-order valence-corrected chi connectivity index (χ4v) is 2.56. The Balaban J connectivity index is 1.50. The lowest BCUT2D eigenvalue weighted by Gasteiger charge is -2.20. The fraction of sp³-hybridized carbons (Fsp3) is 0.286. The molecule has 0 unspecified atom stereocenters. The summed E-state index contributed by atoms with van der Waals surface area (Å²) in [4.78, 5) is 33.9. The second-order valence-corrected chi connectivity index (χ2v) is 6.88. The van der Waals surface area contributed by atoms with Gasteiger partial charge in [0.2, 0.25) is 11.7 Å². The summed E-state index contributed by atoms with van der Waals surface area (Å²) in [5, 5.41) is 6.71. The van der Waals surface area contributed by atoms with Crippen LogP contribution in [-0.2, 0) is 11.2 Å². The van der Waals surface area contributed by atoms with Gasteiger partial charge in [-0.25, -0.2) is 4.79 Å². The Morgan fingerprint density at radius 2 is 1.83 bits per heavy atom. The summed E-state index contributed by atoms with van der Waals surface area (Å²) in [6, 6.07) is 10.1. The van der Waals surface area contributed by atoms with E-state index in [9.17, 15) is 9.59 Å². The van der Waals surface area contributed by atoms with E-state index in [1.807, 2.05) is 13.8 Å². The van der Waals surface area contributed by atoms with Crippen LogP contribution in [0.5, 0.6) is 5.75 Å². The number of esters is 1. The first-order valence-electron chi connectivity index (χ1n) is 9.50. The number of amides is 2. The zero-order chi connectivity index (χ0) is 21.5. The van der Waals surface area contributed by atoms with Crippen LogP contribution >= 0.6 is 0 Å². The summed E-state index contributed by atoms with van der Waals surface area (Å²) in [6.45, 7) is 3.78. The van der Waals surface area contributed by atoms with E-state index in [1.54, 1.807) is 55.8 Å². The molecule has 30 heavy (non-hydrogen) atoms. The number of carbonyl (C=O) groups is 2. The minimum absolute atomic E-state index is 0.0415. The summed E-state index contributed by atoms with van der Waals surface area (Å²) >= 11 is 0. The number of hydrogen-bond acceptors (Lipinski definition) is 7. The van der Waals surface area contributed by atoms with Gasteiger partial charge in [-0.1, -0.05) is 5.16 Å². The maximum absolute atomic E-state index is 12.1. The van der Waals surface area contributed by atoms with E-state index in [0.29, 0.717) is 23.2 Å². The van der Waals surface area contributed by atoms with E-state index >= 15 is 0 Å². The first-order chi connectivity index (χ1) is 14.4. The predicted molar refractivity (Wildman–Crippen MR) is 110 cm³/mol. The van der Waals surface area contributed by atoms with Crippen LogP contribution in [0, 0.1) is 0 Å². The molecule has 0 atom stereocenters. The molecule has 0 bridgehead atoms. The highest BCUT2D eigenvalue weighted by Crippen LogP contribution is 2.20. The Labute approximate surface area is 174 Å². The minimum Gasteiger partial charge on any atom is -0.427 e. The largest absolute Gasteiger partial charge is 0.427 e. The van der Waals surface area contributed by atoms with Gasteiger partial charge in [0.25, 0.3) is 0 Å². The highest BCUT2D eigenvalue weighted by Gasteiger charge is 2.14. The van der Waals surface area contributed by atoms with Gasteiger partial charge in [-0.2, -0.15) is 4.98 Å². The second kappa shape index (κ2) is 9.64. The third-order valence-corrected chi connectivity index (χ3v) is 4.12. The third-order valence-electron chi connectivity index (χ3n) is 4.12. The number of anilines is 1. The molecule has 3 rings (SSSR count). The van der Waals surface area contributed by atoms with E-state index in [0.717, 1.165) is 5.56 Å². The highest BCUT2D eigenvalue weighted by molar-refractivity contribution is 5.91. The van der Waals surface area contributed by atoms with Crippen molar-refractivity contribution < 1.29 is 18.8 Å². The van der Waals surface area contributed by atoms with Gasteiger partial charge in [0, 0.05) is 43.2 Å². The molecule has 156 valence electrons. The van der Waals surface area contributed by atoms with Crippen molar-refractivity contribution in [2.24, 2.45) is 0 Å². The van der Waals surface area contributed by atoms with Crippen molar-refractivity contribution in [1.82, 2.24) is 20.4 Å². The van der Waals surface area contributed by atoms with Crippen LogP contribution < -0.4 is 15.0 Å². The number of carbonyl (C=O) groups excluding carboxylic acids is 2. The number of urea groups is 1. The van der Waals surface area contributed by atoms with Gasteiger partial charge in [-0.3, -0.25) is 14.7 Å². The molecule has 0 aliphatic heterocycles. The smallest absolute Gasteiger partial charge is 0.321 e. The topological polar surface area (TPSA) is 110 Å². The van der Waals surface area contributed by atoms with Crippen molar-refractivity contribution in [1.29, 1.82) is 0 Å². The number of pyridine rings is 1. The Hall–Kier alpha value is -3.75. The van der Waals surface area contributed by atoms with Gasteiger partial charge in [0.05, 0.1) is 6.42 Å². The number of benzene rings is 1. The van der Waals surface area contributed by atoms with E-state index < -0.39 is 5.97 Å². The number of aromatic nitrogens is 3. The van der Waals surface area contributed by atoms with E-state index in [2.05, 4.69) is 20.4 Å². The second-order valence-electron chi connectivity index (χ2n) is 6.88. The summed E-state index contributed by atoms with van der Waals surface area (Å²) in [7, 11) is 1.67. The summed E-state index contributed by atoms with van der Waals surface area (Å²) in [5.74, 6) is 0.774. The molecule has 2 amide bonds. The molecule has 9 heteroatoms. The SMILES string of the molecule is CC(C)NC(=O)N(C)c1ccc(OC(=O)CCc2nc(-c3ccncc3)no2)cc1. The number of rotatable bonds is 7. The molecule has 1 N–H and O–H groups in total. The molecular formula is C21H23N5O4. The zero-order valence-electron chi connectivity index (χ0n) is 17.0. The van der Waals surface area contributed by atoms with Crippen LogP contribution in [0.3, 0.4) is 0 Å². The molecule has 9 nitrogen and oxygen atoms in total. The molecule has 0 aliphatic rings. The molecule has 0 fully saturated rings. The molecule has 3 aromatic rings. The number of ether oxygens (including phenoxy) is 1. The van der Waals surface area contributed by atoms with E-state index in [-0.39, 0.29) is 24.9 Å². The number of nitrogens with one attached hydrogen (secondary N) is 1. The first-order valence-corrected chi connectivity index (χ1v) is 9.50. The molecule has 2 heterocycles. The van der Waals surface area contributed by atoms with Gasteiger partial charge in [-0.15, -0.1) is 0 Å². The lowest BCUT2D eigenvalue weighted by molar-refractivity contribution is -0.134. The molecule has 0 radical (unpaired) electrons. The average Bonchev–Trinajstić information content (AvgIpc) is 3.21. The maximum Gasteiger partial charge on any atom is 0.321 e. The summed E-state index contributed by atoms with van der Waals surface area (Å²) in [5.41, 5.74) is 1.47. The number of hydrogen-bond donors (Lipinski definition) is 1. The van der Waals surface area contributed by atoms with Crippen LogP contribution in [0.15, 0.2) is 53.3 Å². The van der Waals surface area contributed by atoms with E-state index in [4.69, 9.17) is 9.26 Å². The third kappa shape index (κ3) is 5.63. The molecule has 0 spiro atoms. The first kappa shape index (κ1) is 21.0. The molecule has 1 aromatic carbocycles. The van der Waals surface area contributed by atoms with Crippen molar-refractivity contribution in [3.05, 3.63) is 54.7 Å². The van der Waals surface area contributed by atoms with E-state index in [1.165, 1.54) is 4.90 Å². The molecule has 0 saturated heterocycles. The van der Waals surface area contributed by atoms with Gasteiger partial charge >= 0.3 is 12.0 Å². The van der Waals surface area contributed by atoms with Crippen LogP contribution in [-0.4, -0.2) is 40.2 Å². The molecule has 2 aromatic heterocycles. The summed E-state index contributed by atoms with van der Waals surface area (Å²) < 4.78 is 10.5. The minimum atomic E-state index is -0.419. The van der Waals surface area contributed by atoms with Crippen molar-refractivity contribution in [3.63, 3.8) is 0 Å². The highest BCUT2D eigenvalue weighted by atomic mass is 16.5. The van der Waals surface area contributed by atoms with Gasteiger partial charge in [0.1, 0.15) is 5.75 Å². The quantitative estimate of drug-likeness (QED) is 0.471. The molecular weight excluding hydrogens is 386 g/mol. The molecule has 0 saturated carbocycles. The zero-order valence-corrected chi connectivity index (χ0v) is 17.0. The Kier molecular flexibility index (Phi) is 6.74. The van der Waals surface area contributed by atoms with Crippen molar-refractivity contribution >= 4 is 17.7 Å². The predicted octanol–water partition coefficient (Wildman–Crippen LogP) is 3.22. The van der Waals surface area contributed by atoms with Gasteiger partial charge in [-0.05, 0) is 50.2 Å². The lowest BCUT2D eigenvalue weighted by Crippen LogP contribution is -2.40. The van der Waals surface area contributed by atoms with Crippen LogP contribution in [0.1, 0.15) is 26.2 Å². The Morgan fingerprint density at radius 1 is 1.13 bits per heavy atom. The van der Waals surface area contributed by atoms with Crippen molar-refractivity contribution in [2.45, 2.75) is 32.7 Å². The monoisotopic (exact) mass is 409 g/mol. The Morgan fingerprint density at radius 3 is 2.50 bits per heavy atom. The van der Waals surface area contributed by atoms with Crippen LogP contribution in [0.25, 0.3) is 11.4 Å². The van der Waals surface area contributed by atoms with Crippen molar-refractivity contribution in [2.75, 3.05) is 11.9 Å². The lowest BCUT2D eigenvalue weighted by atomic mass is 10.2. The van der Waals surface area contributed by atoms with Crippen LogP contribution in [0.4, 0.5) is 10.5 Å². The van der Waals surface area contributed by atoms with Gasteiger partial charge < -0.3 is 14.6 Å². The average molecular weight is 409 g/mol. The molecule has 0 aliphatic carbocycles. The standard InChI is InChI=1S/C21H23N5O4/c1-14(2)23-21(28)26(3)16-4-6-17(7-5-16)29-19(27)9-8-18-24-20(25-30-18)15-10-12-22-13-11-15/h4-7,10-14H,8-9H2,1-3H3,(H,23,28). The number of nitrogens with zero attached hydrogens (tertiary/aromatic N) is 4. The number of aryl methyl sites for hydroxylation is 1. The fourth-order valence-electron chi connectivity index (χ4n) is 2.56. The van der Waals surface area contributed by atoms with Crippen LogP contribution in [0.2, 0.25) is 0 Å². The Bertz CT molecular complexity index is 986. The normalized spacial score (nSPS) is 10.7. The van der Waals surface area contributed by atoms with Crippen molar-refractivity contribution in [3.8, 4) is 17.1 Å². The van der Waals surface area contributed by atoms with Gasteiger partial charge in [0.15, 0.2) is 0 Å². The summed E-state index contributed by atoms with van der Waals surface area (Å²) in [6.07, 6.45) is 3.65.